The Kier molecular flexibility index (Phi) is 6.45. The zero-order valence-electron chi connectivity index (χ0n) is 17.4. The normalized spacial score (nSPS) is 20.9. The summed E-state index contributed by atoms with van der Waals surface area (Å²) >= 11 is 1.57. The predicted octanol–water partition coefficient (Wildman–Crippen LogP) is 2.95. The van der Waals surface area contributed by atoms with Crippen LogP contribution < -0.4 is 4.74 Å². The number of rotatable bonds is 9. The smallest absolute Gasteiger partial charge is 0.225 e. The Morgan fingerprint density at radius 2 is 2.19 bits per heavy atom. The van der Waals surface area contributed by atoms with Gasteiger partial charge in [0, 0.05) is 31.9 Å². The van der Waals surface area contributed by atoms with E-state index in [2.05, 4.69) is 10.1 Å². The van der Waals surface area contributed by atoms with Gasteiger partial charge in [-0.05, 0) is 35.7 Å². The molecule has 0 aliphatic carbocycles. The minimum absolute atomic E-state index is 0.0541. The van der Waals surface area contributed by atoms with E-state index in [0.29, 0.717) is 31.1 Å². The molecule has 2 aromatic heterocycles. The molecule has 31 heavy (non-hydrogen) atoms. The van der Waals surface area contributed by atoms with Crippen molar-refractivity contribution in [2.75, 3.05) is 27.3 Å². The van der Waals surface area contributed by atoms with E-state index >= 15 is 0 Å². The van der Waals surface area contributed by atoms with Crippen molar-refractivity contribution in [2.45, 2.75) is 18.4 Å². The highest BCUT2D eigenvalue weighted by Crippen LogP contribution is 2.38. The molecular formula is C22H24N4O4S. The first kappa shape index (κ1) is 21.2. The van der Waals surface area contributed by atoms with Gasteiger partial charge in [-0.3, -0.25) is 4.79 Å². The molecule has 4 rings (SSSR count). The van der Waals surface area contributed by atoms with Crippen molar-refractivity contribution in [3.05, 3.63) is 77.1 Å². The number of hydrogen-bond donors (Lipinski definition) is 0. The van der Waals surface area contributed by atoms with Gasteiger partial charge in [0.05, 0.1) is 11.5 Å². The van der Waals surface area contributed by atoms with E-state index in [9.17, 15) is 4.79 Å². The van der Waals surface area contributed by atoms with Gasteiger partial charge in [0.15, 0.2) is 5.78 Å². The zero-order chi connectivity index (χ0) is 21.7. The van der Waals surface area contributed by atoms with Gasteiger partial charge in [-0.1, -0.05) is 6.07 Å². The van der Waals surface area contributed by atoms with Gasteiger partial charge in [-0.15, -0.1) is 11.3 Å². The number of nitrogens with zero attached hydrogens (tertiary/aromatic N) is 4. The first-order chi connectivity index (χ1) is 15.0. The van der Waals surface area contributed by atoms with Crippen LogP contribution >= 0.6 is 11.3 Å². The number of thiophene rings is 1. The summed E-state index contributed by atoms with van der Waals surface area (Å²) in [5, 5.41) is 6.17. The van der Waals surface area contributed by atoms with E-state index in [1.54, 1.807) is 58.9 Å². The molecule has 0 N–H and O–H groups in total. The van der Waals surface area contributed by atoms with Crippen LogP contribution in [-0.4, -0.2) is 58.9 Å². The van der Waals surface area contributed by atoms with E-state index < -0.39 is 5.79 Å². The molecule has 1 aromatic carbocycles. The summed E-state index contributed by atoms with van der Waals surface area (Å²) in [6.45, 7) is 1.14. The lowest BCUT2D eigenvalue weighted by molar-refractivity contribution is -0.188. The maximum absolute atomic E-state index is 12.1. The maximum atomic E-state index is 12.1. The maximum Gasteiger partial charge on any atom is 0.225 e. The average molecular weight is 441 g/mol. The SMILES string of the molecule is CN(C)/C=C/C(=O)c1ccc(OCC2COC(Cn3cncn3)(c3cccs3)O2)cc1. The monoisotopic (exact) mass is 440 g/mol. The van der Waals surface area contributed by atoms with Crippen LogP contribution in [0.3, 0.4) is 0 Å². The van der Waals surface area contributed by atoms with Gasteiger partial charge < -0.3 is 19.1 Å². The van der Waals surface area contributed by atoms with E-state index in [-0.39, 0.29) is 11.9 Å². The molecule has 8 nitrogen and oxygen atoms in total. The largest absolute Gasteiger partial charge is 0.491 e. The van der Waals surface area contributed by atoms with Crippen molar-refractivity contribution in [2.24, 2.45) is 0 Å². The summed E-state index contributed by atoms with van der Waals surface area (Å²) in [6, 6.07) is 11.0. The van der Waals surface area contributed by atoms with Crippen molar-refractivity contribution in [1.82, 2.24) is 19.7 Å². The lowest BCUT2D eigenvalue weighted by Crippen LogP contribution is -2.33. The highest BCUT2D eigenvalue weighted by Gasteiger charge is 2.45. The lowest BCUT2D eigenvalue weighted by atomic mass is 10.1. The molecule has 3 heterocycles. The van der Waals surface area contributed by atoms with Gasteiger partial charge in [-0.2, -0.15) is 5.10 Å². The average Bonchev–Trinajstić information content (AvgIpc) is 3.53. The Hall–Kier alpha value is -3.01. The Bertz CT molecular complexity index is 1000. The van der Waals surface area contributed by atoms with Gasteiger partial charge >= 0.3 is 0 Å². The van der Waals surface area contributed by atoms with Crippen LogP contribution in [0.15, 0.2) is 66.7 Å². The molecule has 0 spiro atoms. The number of allylic oxidation sites excluding steroid dienone is 1. The van der Waals surface area contributed by atoms with Crippen molar-refractivity contribution in [1.29, 1.82) is 0 Å². The number of carbonyl (C=O) groups excluding carboxylic acids is 1. The summed E-state index contributed by atoms with van der Waals surface area (Å²) in [5.74, 6) is -0.298. The van der Waals surface area contributed by atoms with Crippen LogP contribution in [0, 0.1) is 0 Å². The molecule has 2 atom stereocenters. The van der Waals surface area contributed by atoms with Crippen molar-refractivity contribution < 1.29 is 19.0 Å². The summed E-state index contributed by atoms with van der Waals surface area (Å²) in [4.78, 5) is 18.9. The molecule has 9 heteroatoms. The number of aromatic nitrogens is 3. The molecule has 162 valence electrons. The van der Waals surface area contributed by atoms with Gasteiger partial charge in [0.2, 0.25) is 5.79 Å². The van der Waals surface area contributed by atoms with E-state index in [1.807, 2.05) is 36.5 Å². The lowest BCUT2D eigenvalue weighted by Gasteiger charge is -2.26. The van der Waals surface area contributed by atoms with Crippen LogP contribution in [0.1, 0.15) is 15.2 Å². The molecular weight excluding hydrogens is 416 g/mol. The molecule has 0 radical (unpaired) electrons. The minimum Gasteiger partial charge on any atom is -0.491 e. The molecule has 1 fully saturated rings. The van der Waals surface area contributed by atoms with Crippen LogP contribution in [0.4, 0.5) is 0 Å². The second-order valence-electron chi connectivity index (χ2n) is 7.35. The standard InChI is InChI=1S/C22H24N4O4S/c1-25(2)10-9-20(27)17-5-7-18(8-6-17)28-12-19-13-29-22(30-19,21-4-3-11-31-21)14-26-16-23-15-24-26/h3-11,15-16,19H,12-14H2,1-2H3/b10-9+. The summed E-state index contributed by atoms with van der Waals surface area (Å²) in [7, 11) is 3.74. The fourth-order valence-corrected chi connectivity index (χ4v) is 3.99. The number of ether oxygens (including phenoxy) is 3. The highest BCUT2D eigenvalue weighted by atomic mass is 32.1. The summed E-state index contributed by atoms with van der Waals surface area (Å²) in [6.07, 6.45) is 6.16. The van der Waals surface area contributed by atoms with Crippen molar-refractivity contribution in [3.63, 3.8) is 0 Å². The summed E-state index contributed by atoms with van der Waals surface area (Å²) in [5.41, 5.74) is 0.607. The molecule has 3 aromatic rings. The first-order valence-electron chi connectivity index (χ1n) is 9.84. The Labute approximate surface area is 184 Å². The predicted molar refractivity (Wildman–Crippen MR) is 116 cm³/mol. The molecule has 1 aliphatic heterocycles. The van der Waals surface area contributed by atoms with Crippen LogP contribution in [0.2, 0.25) is 0 Å². The molecule has 0 bridgehead atoms. The minimum atomic E-state index is -0.912. The topological polar surface area (TPSA) is 78.7 Å². The number of carbonyl (C=O) groups is 1. The van der Waals surface area contributed by atoms with Crippen LogP contribution in [0.25, 0.3) is 0 Å². The van der Waals surface area contributed by atoms with Crippen molar-refractivity contribution >= 4 is 17.1 Å². The third kappa shape index (κ3) is 5.19. The number of benzene rings is 1. The Morgan fingerprint density at radius 3 is 2.87 bits per heavy atom. The van der Waals surface area contributed by atoms with Gasteiger partial charge in [0.25, 0.3) is 0 Å². The van der Waals surface area contributed by atoms with Gasteiger partial charge in [0.1, 0.15) is 37.7 Å². The van der Waals surface area contributed by atoms with Crippen LogP contribution in [-0.2, 0) is 21.8 Å². The zero-order valence-corrected chi connectivity index (χ0v) is 18.2. The second kappa shape index (κ2) is 9.42. The quantitative estimate of drug-likeness (QED) is 0.374. The van der Waals surface area contributed by atoms with Crippen LogP contribution in [0.5, 0.6) is 5.75 Å². The second-order valence-corrected chi connectivity index (χ2v) is 8.30. The van der Waals surface area contributed by atoms with E-state index in [4.69, 9.17) is 14.2 Å². The molecule has 0 saturated carbocycles. The fourth-order valence-electron chi connectivity index (χ4n) is 3.18. The number of hydrogen-bond acceptors (Lipinski definition) is 8. The summed E-state index contributed by atoms with van der Waals surface area (Å²) < 4.78 is 20.0. The number of ketones is 1. The Morgan fingerprint density at radius 1 is 1.35 bits per heavy atom. The molecule has 2 unspecified atom stereocenters. The van der Waals surface area contributed by atoms with Crippen molar-refractivity contribution in [3.8, 4) is 5.75 Å². The third-order valence-electron chi connectivity index (χ3n) is 4.69. The third-order valence-corrected chi connectivity index (χ3v) is 5.69. The molecule has 1 saturated heterocycles. The molecule has 1 aliphatic rings. The van der Waals surface area contributed by atoms with E-state index in [1.165, 1.54) is 6.33 Å². The fraction of sp³-hybridized carbons (Fsp3) is 0.318. The Balaban J connectivity index is 1.37. The molecule has 0 amide bonds. The van der Waals surface area contributed by atoms with Gasteiger partial charge in [-0.25, -0.2) is 9.67 Å². The van der Waals surface area contributed by atoms with E-state index in [0.717, 1.165) is 4.88 Å². The first-order valence-corrected chi connectivity index (χ1v) is 10.7. The highest BCUT2D eigenvalue weighted by molar-refractivity contribution is 7.10.